The summed E-state index contributed by atoms with van der Waals surface area (Å²) in [6, 6.07) is 1.95. The molecule has 1 aromatic rings. The van der Waals surface area contributed by atoms with Crippen LogP contribution in [0.4, 0.5) is 5.82 Å². The molecule has 1 saturated carbocycles. The number of nitrogens with zero attached hydrogens (tertiary/aromatic N) is 2. The van der Waals surface area contributed by atoms with Gasteiger partial charge in [0.1, 0.15) is 16.8 Å². The molecule has 100 valence electrons. The van der Waals surface area contributed by atoms with Crippen molar-refractivity contribution >= 4 is 17.4 Å². The van der Waals surface area contributed by atoms with Gasteiger partial charge < -0.3 is 10.4 Å². The molecule has 5 heteroatoms. The maximum Gasteiger partial charge on any atom is 0.135 e. The maximum atomic E-state index is 9.07. The van der Waals surface area contributed by atoms with Crippen LogP contribution in [-0.4, -0.2) is 27.7 Å². The van der Waals surface area contributed by atoms with Crippen LogP contribution in [-0.2, 0) is 0 Å². The van der Waals surface area contributed by atoms with Crippen LogP contribution in [0.3, 0.4) is 0 Å². The van der Waals surface area contributed by atoms with Gasteiger partial charge in [0.25, 0.3) is 0 Å². The lowest BCUT2D eigenvalue weighted by Crippen LogP contribution is -2.27. The topological polar surface area (TPSA) is 58.0 Å². The molecule has 1 aliphatic rings. The molecule has 2 N–H and O–H groups in total. The number of aliphatic hydroxyl groups excluding tert-OH is 1. The van der Waals surface area contributed by atoms with E-state index in [4.69, 9.17) is 16.7 Å². The van der Waals surface area contributed by atoms with Crippen LogP contribution in [0.15, 0.2) is 6.07 Å². The lowest BCUT2D eigenvalue weighted by molar-refractivity contribution is 0.267. The number of nitrogens with one attached hydrogen (secondary N) is 1. The summed E-state index contributed by atoms with van der Waals surface area (Å²) in [6.07, 6.45) is 3.02. The summed E-state index contributed by atoms with van der Waals surface area (Å²) in [4.78, 5) is 8.77. The number of hydrogen-bond donors (Lipinski definition) is 2. The van der Waals surface area contributed by atoms with E-state index >= 15 is 0 Å². The third-order valence-electron chi connectivity index (χ3n) is 3.23. The number of aliphatic hydroxyl groups is 1. The highest BCUT2D eigenvalue weighted by Gasteiger charge is 2.27. The molecular formula is C13H20ClN3O. The fraction of sp³-hybridized carbons (Fsp3) is 0.692. The Labute approximate surface area is 113 Å². The number of rotatable bonds is 6. The molecule has 1 aromatic heterocycles. The number of anilines is 1. The number of hydrogen-bond acceptors (Lipinski definition) is 4. The largest absolute Gasteiger partial charge is 0.396 e. The van der Waals surface area contributed by atoms with Crippen molar-refractivity contribution in [2.45, 2.75) is 45.1 Å². The maximum absolute atomic E-state index is 9.07. The van der Waals surface area contributed by atoms with Crippen LogP contribution >= 0.6 is 11.6 Å². The van der Waals surface area contributed by atoms with Gasteiger partial charge in [-0.15, -0.1) is 0 Å². The fourth-order valence-corrected chi connectivity index (χ4v) is 2.12. The van der Waals surface area contributed by atoms with Crippen molar-refractivity contribution in [3.63, 3.8) is 0 Å². The Morgan fingerprint density at radius 1 is 1.44 bits per heavy atom. The second kappa shape index (κ2) is 5.85. The lowest BCUT2D eigenvalue weighted by atomic mass is 10.0. The summed E-state index contributed by atoms with van der Waals surface area (Å²) in [7, 11) is 0. The highest BCUT2D eigenvalue weighted by molar-refractivity contribution is 6.29. The van der Waals surface area contributed by atoms with E-state index in [1.807, 2.05) is 0 Å². The third kappa shape index (κ3) is 3.56. The van der Waals surface area contributed by atoms with E-state index in [1.165, 1.54) is 0 Å². The molecule has 0 spiro atoms. The van der Waals surface area contributed by atoms with E-state index in [2.05, 4.69) is 29.1 Å². The highest BCUT2D eigenvalue weighted by Crippen LogP contribution is 2.38. The standard InChI is InChI=1S/C13H20ClN3O/c1-8(2)10(5-6-18)15-12-7-11(14)16-13(17-12)9-3-4-9/h7-10,18H,3-6H2,1-2H3,(H,15,16,17). The quantitative estimate of drug-likeness (QED) is 0.780. The van der Waals surface area contributed by atoms with E-state index in [0.29, 0.717) is 23.4 Å². The Morgan fingerprint density at radius 2 is 2.17 bits per heavy atom. The van der Waals surface area contributed by atoms with Gasteiger partial charge in [-0.1, -0.05) is 25.4 Å². The molecule has 0 aromatic carbocycles. The van der Waals surface area contributed by atoms with Crippen molar-refractivity contribution in [1.29, 1.82) is 0 Å². The fourth-order valence-electron chi connectivity index (χ4n) is 1.93. The molecule has 2 rings (SSSR count). The molecule has 0 bridgehead atoms. The Kier molecular flexibility index (Phi) is 4.40. The monoisotopic (exact) mass is 269 g/mol. The first-order valence-electron chi connectivity index (χ1n) is 6.52. The Hall–Kier alpha value is -0.870. The van der Waals surface area contributed by atoms with Crippen LogP contribution in [0.2, 0.25) is 5.15 Å². The van der Waals surface area contributed by atoms with E-state index in [0.717, 1.165) is 24.5 Å². The van der Waals surface area contributed by atoms with Crippen LogP contribution in [0.25, 0.3) is 0 Å². The molecule has 18 heavy (non-hydrogen) atoms. The number of aromatic nitrogens is 2. The normalized spacial score (nSPS) is 16.9. The summed E-state index contributed by atoms with van der Waals surface area (Å²) in [5, 5.41) is 12.9. The highest BCUT2D eigenvalue weighted by atomic mass is 35.5. The lowest BCUT2D eigenvalue weighted by Gasteiger charge is -2.22. The van der Waals surface area contributed by atoms with Crippen LogP contribution < -0.4 is 5.32 Å². The van der Waals surface area contributed by atoms with Gasteiger partial charge in [-0.2, -0.15) is 0 Å². The Balaban J connectivity index is 2.11. The molecule has 0 aliphatic heterocycles. The van der Waals surface area contributed by atoms with Crippen molar-refractivity contribution in [1.82, 2.24) is 9.97 Å². The predicted octanol–water partition coefficient (Wildman–Crippen LogP) is 2.83. The van der Waals surface area contributed by atoms with Crippen molar-refractivity contribution in [2.75, 3.05) is 11.9 Å². The van der Waals surface area contributed by atoms with E-state index in [1.54, 1.807) is 6.07 Å². The first-order chi connectivity index (χ1) is 8.60. The van der Waals surface area contributed by atoms with Gasteiger partial charge in [0.15, 0.2) is 0 Å². The summed E-state index contributed by atoms with van der Waals surface area (Å²) in [6.45, 7) is 4.42. The van der Waals surface area contributed by atoms with E-state index < -0.39 is 0 Å². The zero-order chi connectivity index (χ0) is 13.1. The van der Waals surface area contributed by atoms with Gasteiger partial charge in [-0.05, 0) is 25.2 Å². The minimum absolute atomic E-state index is 0.171. The molecule has 0 saturated heterocycles. The first kappa shape index (κ1) is 13.6. The van der Waals surface area contributed by atoms with Crippen molar-refractivity contribution in [3.05, 3.63) is 17.0 Å². The van der Waals surface area contributed by atoms with Gasteiger partial charge in [0.05, 0.1) is 0 Å². The van der Waals surface area contributed by atoms with Gasteiger partial charge in [-0.3, -0.25) is 0 Å². The SMILES string of the molecule is CC(C)C(CCO)Nc1cc(Cl)nc(C2CC2)n1. The van der Waals surface area contributed by atoms with Crippen LogP contribution in [0.1, 0.15) is 44.9 Å². The zero-order valence-corrected chi connectivity index (χ0v) is 11.6. The average molecular weight is 270 g/mol. The van der Waals surface area contributed by atoms with Crippen molar-refractivity contribution in [2.24, 2.45) is 5.92 Å². The molecule has 1 fully saturated rings. The van der Waals surface area contributed by atoms with Crippen molar-refractivity contribution < 1.29 is 5.11 Å². The summed E-state index contributed by atoms with van der Waals surface area (Å²) < 4.78 is 0. The molecule has 4 nitrogen and oxygen atoms in total. The van der Waals surface area contributed by atoms with Gasteiger partial charge in [0.2, 0.25) is 0 Å². The summed E-state index contributed by atoms with van der Waals surface area (Å²) in [5.41, 5.74) is 0. The van der Waals surface area contributed by atoms with Crippen LogP contribution in [0.5, 0.6) is 0 Å². The minimum Gasteiger partial charge on any atom is -0.396 e. The molecule has 0 amide bonds. The van der Waals surface area contributed by atoms with Gasteiger partial charge >= 0.3 is 0 Å². The average Bonchev–Trinajstić information content (AvgIpc) is 3.11. The zero-order valence-electron chi connectivity index (χ0n) is 10.9. The molecule has 1 atom stereocenters. The van der Waals surface area contributed by atoms with Gasteiger partial charge in [-0.25, -0.2) is 9.97 Å². The second-order valence-electron chi connectivity index (χ2n) is 5.22. The van der Waals surface area contributed by atoms with Gasteiger partial charge in [0, 0.05) is 24.6 Å². The summed E-state index contributed by atoms with van der Waals surface area (Å²) >= 11 is 6.02. The molecule has 0 radical (unpaired) electrons. The number of halogens is 1. The molecular weight excluding hydrogens is 250 g/mol. The molecule has 1 aliphatic carbocycles. The second-order valence-corrected chi connectivity index (χ2v) is 5.60. The Morgan fingerprint density at radius 3 is 2.72 bits per heavy atom. The smallest absolute Gasteiger partial charge is 0.135 e. The Bertz CT molecular complexity index is 407. The van der Waals surface area contributed by atoms with Crippen molar-refractivity contribution in [3.8, 4) is 0 Å². The van der Waals surface area contributed by atoms with Crippen LogP contribution in [0, 0.1) is 5.92 Å². The predicted molar refractivity (Wildman–Crippen MR) is 73.0 cm³/mol. The van der Waals surface area contributed by atoms with E-state index in [-0.39, 0.29) is 12.6 Å². The summed E-state index contributed by atoms with van der Waals surface area (Å²) in [5.74, 6) is 2.52. The minimum atomic E-state index is 0.171. The first-order valence-corrected chi connectivity index (χ1v) is 6.90. The molecule has 1 unspecified atom stereocenters. The molecule has 1 heterocycles. The third-order valence-corrected chi connectivity index (χ3v) is 3.43. The van der Waals surface area contributed by atoms with E-state index in [9.17, 15) is 0 Å².